The maximum absolute atomic E-state index is 11.6. The zero-order chi connectivity index (χ0) is 27.3. The number of sulfonamides is 1. The molecule has 3 aromatic carbocycles. The number of hydrogen-bond acceptors (Lipinski definition) is 6. The molecule has 0 radical (unpaired) electrons. The van der Waals surface area contributed by atoms with Gasteiger partial charge in [-0.25, -0.2) is 13.1 Å². The van der Waals surface area contributed by atoms with Crippen molar-refractivity contribution in [1.29, 1.82) is 0 Å². The molecule has 38 heavy (non-hydrogen) atoms. The number of aliphatic carboxylic acids is 1. The van der Waals surface area contributed by atoms with Crippen molar-refractivity contribution in [2.45, 2.75) is 39.2 Å². The van der Waals surface area contributed by atoms with Crippen LogP contribution in [0.5, 0.6) is 17.2 Å². The molecule has 4 rings (SSSR count). The van der Waals surface area contributed by atoms with Crippen LogP contribution in [0.3, 0.4) is 0 Å². The van der Waals surface area contributed by atoms with Gasteiger partial charge >= 0.3 is 5.97 Å². The van der Waals surface area contributed by atoms with Crippen LogP contribution in [0.15, 0.2) is 54.6 Å². The van der Waals surface area contributed by atoms with Gasteiger partial charge in [0.2, 0.25) is 10.0 Å². The smallest absolute Gasteiger partial charge is 0.304 e. The van der Waals surface area contributed by atoms with E-state index < -0.39 is 16.0 Å². The van der Waals surface area contributed by atoms with Crippen LogP contribution in [0.2, 0.25) is 0 Å². The number of aryl methyl sites for hydroxylation is 2. The summed E-state index contributed by atoms with van der Waals surface area (Å²) in [4.78, 5) is 11.1. The van der Waals surface area contributed by atoms with Gasteiger partial charge in [0, 0.05) is 17.5 Å². The number of benzene rings is 3. The summed E-state index contributed by atoms with van der Waals surface area (Å²) in [6.45, 7) is 5.13. The summed E-state index contributed by atoms with van der Waals surface area (Å²) in [6, 6.07) is 17.7. The van der Waals surface area contributed by atoms with E-state index in [1.807, 2.05) is 56.3 Å². The molecule has 0 aliphatic carbocycles. The van der Waals surface area contributed by atoms with Gasteiger partial charge in [-0.3, -0.25) is 4.79 Å². The summed E-state index contributed by atoms with van der Waals surface area (Å²) in [5, 5.41) is 9.09. The minimum atomic E-state index is -3.23. The second kappa shape index (κ2) is 11.9. The lowest BCUT2D eigenvalue weighted by Gasteiger charge is -2.15. The lowest BCUT2D eigenvalue weighted by atomic mass is 9.94. The van der Waals surface area contributed by atoms with Gasteiger partial charge in [-0.05, 0) is 79.4 Å². The maximum Gasteiger partial charge on any atom is 0.304 e. The Hall–Kier alpha value is -3.56. The van der Waals surface area contributed by atoms with Crippen molar-refractivity contribution >= 4 is 16.0 Å². The zero-order valence-electron chi connectivity index (χ0n) is 21.8. The van der Waals surface area contributed by atoms with Gasteiger partial charge in [0.05, 0.1) is 25.4 Å². The van der Waals surface area contributed by atoms with Crippen molar-refractivity contribution in [1.82, 2.24) is 4.72 Å². The number of ether oxygens (including phenoxy) is 3. The molecule has 0 saturated heterocycles. The molecule has 1 unspecified atom stereocenters. The topological polar surface area (TPSA) is 111 Å². The third-order valence-electron chi connectivity index (χ3n) is 6.55. The van der Waals surface area contributed by atoms with Gasteiger partial charge in [0.1, 0.15) is 23.9 Å². The van der Waals surface area contributed by atoms with E-state index >= 15 is 0 Å². The third kappa shape index (κ3) is 6.85. The highest BCUT2D eigenvalue weighted by Gasteiger charge is 2.26. The van der Waals surface area contributed by atoms with Gasteiger partial charge in [0.15, 0.2) is 0 Å². The van der Waals surface area contributed by atoms with Crippen LogP contribution in [-0.2, 0) is 21.4 Å². The van der Waals surface area contributed by atoms with Gasteiger partial charge in [-0.2, -0.15) is 0 Å². The molecule has 0 amide bonds. The van der Waals surface area contributed by atoms with E-state index in [0.717, 1.165) is 39.1 Å². The average Bonchev–Trinajstić information content (AvgIpc) is 3.26. The molecule has 0 bridgehead atoms. The van der Waals surface area contributed by atoms with Crippen LogP contribution in [0.25, 0.3) is 11.1 Å². The van der Waals surface area contributed by atoms with Crippen molar-refractivity contribution < 1.29 is 32.5 Å². The van der Waals surface area contributed by atoms with Crippen LogP contribution in [0, 0.1) is 13.8 Å². The van der Waals surface area contributed by atoms with Gasteiger partial charge < -0.3 is 19.3 Å². The van der Waals surface area contributed by atoms with E-state index in [0.29, 0.717) is 37.7 Å². The van der Waals surface area contributed by atoms with Gasteiger partial charge in [-0.15, -0.1) is 0 Å². The molecule has 1 atom stereocenters. The molecule has 1 aliphatic rings. The predicted molar refractivity (Wildman–Crippen MR) is 146 cm³/mol. The Labute approximate surface area is 223 Å². The van der Waals surface area contributed by atoms with E-state index in [-0.39, 0.29) is 18.1 Å². The number of fused-ring (bicyclic) bond motifs is 1. The fraction of sp³-hybridized carbons (Fsp3) is 0.345. The van der Waals surface area contributed by atoms with Crippen molar-refractivity contribution in [2.75, 3.05) is 26.0 Å². The summed E-state index contributed by atoms with van der Waals surface area (Å²) in [7, 11) is -1.83. The fourth-order valence-corrected chi connectivity index (χ4v) is 5.42. The van der Waals surface area contributed by atoms with Crippen LogP contribution >= 0.6 is 0 Å². The molecule has 0 aromatic heterocycles. The molecule has 3 aromatic rings. The Balaban J connectivity index is 1.40. The van der Waals surface area contributed by atoms with E-state index in [2.05, 4.69) is 16.9 Å². The quantitative estimate of drug-likeness (QED) is 0.318. The SMILES string of the molecule is CNS(=O)(=O)CCCOc1cc(C)c(-c2cccc(COc3ccc4c(c3)OCC4CC(=O)O)c2)c(C)c1. The normalized spacial score (nSPS) is 14.6. The first kappa shape index (κ1) is 27.5. The highest BCUT2D eigenvalue weighted by Crippen LogP contribution is 2.38. The Kier molecular flexibility index (Phi) is 8.58. The Bertz CT molecular complexity index is 1400. The summed E-state index contributed by atoms with van der Waals surface area (Å²) >= 11 is 0. The second-order valence-corrected chi connectivity index (χ2v) is 11.5. The number of nitrogens with one attached hydrogen (secondary N) is 1. The summed E-state index contributed by atoms with van der Waals surface area (Å²) in [6.07, 6.45) is 0.456. The van der Waals surface area contributed by atoms with E-state index in [1.165, 1.54) is 7.05 Å². The third-order valence-corrected chi connectivity index (χ3v) is 8.00. The van der Waals surface area contributed by atoms with E-state index in [1.54, 1.807) is 0 Å². The van der Waals surface area contributed by atoms with Gasteiger partial charge in [0.25, 0.3) is 0 Å². The lowest BCUT2D eigenvalue weighted by molar-refractivity contribution is -0.137. The van der Waals surface area contributed by atoms with Crippen LogP contribution in [-0.4, -0.2) is 45.5 Å². The van der Waals surface area contributed by atoms with Crippen LogP contribution < -0.4 is 18.9 Å². The van der Waals surface area contributed by atoms with Crippen LogP contribution in [0.1, 0.15) is 41.0 Å². The Morgan fingerprint density at radius 3 is 2.53 bits per heavy atom. The average molecular weight is 540 g/mol. The predicted octanol–water partition coefficient (Wildman–Crippen LogP) is 4.82. The summed E-state index contributed by atoms with van der Waals surface area (Å²) < 4.78 is 43.0. The minimum Gasteiger partial charge on any atom is -0.494 e. The largest absolute Gasteiger partial charge is 0.494 e. The molecular weight excluding hydrogens is 506 g/mol. The van der Waals surface area contributed by atoms with Crippen molar-refractivity contribution in [3.63, 3.8) is 0 Å². The molecule has 8 nitrogen and oxygen atoms in total. The highest BCUT2D eigenvalue weighted by atomic mass is 32.2. The number of carbonyl (C=O) groups is 1. The minimum absolute atomic E-state index is 0.0259. The molecule has 202 valence electrons. The Morgan fingerprint density at radius 1 is 1.05 bits per heavy atom. The van der Waals surface area contributed by atoms with Crippen molar-refractivity contribution in [3.05, 3.63) is 76.9 Å². The second-order valence-electron chi connectivity index (χ2n) is 9.45. The van der Waals surface area contributed by atoms with Crippen LogP contribution in [0.4, 0.5) is 0 Å². The maximum atomic E-state index is 11.6. The molecule has 0 fully saturated rings. The molecule has 2 N–H and O–H groups in total. The highest BCUT2D eigenvalue weighted by molar-refractivity contribution is 7.89. The number of rotatable bonds is 12. The first-order valence-corrected chi connectivity index (χ1v) is 14.2. The lowest BCUT2D eigenvalue weighted by Crippen LogP contribution is -2.23. The molecule has 1 heterocycles. The van der Waals surface area contributed by atoms with Crippen molar-refractivity contribution in [2.24, 2.45) is 0 Å². The van der Waals surface area contributed by atoms with E-state index in [9.17, 15) is 13.2 Å². The molecule has 0 saturated carbocycles. The fourth-order valence-electron chi connectivity index (χ4n) is 4.71. The zero-order valence-corrected chi connectivity index (χ0v) is 22.6. The Morgan fingerprint density at radius 2 is 1.82 bits per heavy atom. The van der Waals surface area contributed by atoms with E-state index in [4.69, 9.17) is 19.3 Å². The standard InChI is InChI=1S/C29H33NO7S/c1-19-12-25(35-10-5-11-38(33,34)30-3)13-20(2)29(19)22-7-4-6-21(14-22)17-36-24-8-9-26-23(15-28(31)32)18-37-27(26)16-24/h4,6-9,12-14,16,23,30H,5,10-11,15,17-18H2,1-3H3,(H,31,32). The number of carboxylic acids is 1. The monoisotopic (exact) mass is 539 g/mol. The van der Waals surface area contributed by atoms with Crippen molar-refractivity contribution in [3.8, 4) is 28.4 Å². The molecule has 0 spiro atoms. The number of carboxylic acid groups (broad SMARTS) is 1. The first-order valence-electron chi connectivity index (χ1n) is 12.5. The number of hydrogen-bond donors (Lipinski definition) is 2. The first-order chi connectivity index (χ1) is 18.1. The molecule has 1 aliphatic heterocycles. The molecular formula is C29H33NO7S. The summed E-state index contributed by atoms with van der Waals surface area (Å²) in [5.41, 5.74) is 6.23. The van der Waals surface area contributed by atoms with Gasteiger partial charge in [-0.1, -0.05) is 24.3 Å². The summed E-state index contributed by atoms with van der Waals surface area (Å²) in [5.74, 6) is 1.12. The molecule has 9 heteroatoms.